The SMILES string of the molecule is O=C(NCC1(CBr)CC1)c1cccc2nccnc12. The third kappa shape index (κ3) is 2.47. The van der Waals surface area contributed by atoms with Crippen LogP contribution in [0.1, 0.15) is 23.2 Å². The Balaban J connectivity index is 1.82. The zero-order valence-corrected chi connectivity index (χ0v) is 12.0. The number of nitrogens with zero attached hydrogens (tertiary/aromatic N) is 2. The highest BCUT2D eigenvalue weighted by molar-refractivity contribution is 9.09. The Morgan fingerprint density at radius 3 is 2.84 bits per heavy atom. The lowest BCUT2D eigenvalue weighted by Gasteiger charge is -2.13. The van der Waals surface area contributed by atoms with Gasteiger partial charge in [-0.25, -0.2) is 0 Å². The highest BCUT2D eigenvalue weighted by Gasteiger charge is 2.41. The molecule has 0 radical (unpaired) electrons. The van der Waals surface area contributed by atoms with E-state index in [-0.39, 0.29) is 11.3 Å². The van der Waals surface area contributed by atoms with Crippen molar-refractivity contribution in [1.29, 1.82) is 0 Å². The molecule has 3 rings (SSSR count). The van der Waals surface area contributed by atoms with Gasteiger partial charge < -0.3 is 5.32 Å². The minimum absolute atomic E-state index is 0.0710. The number of fused-ring (bicyclic) bond motifs is 1. The van der Waals surface area contributed by atoms with Gasteiger partial charge in [-0.3, -0.25) is 14.8 Å². The van der Waals surface area contributed by atoms with E-state index in [1.54, 1.807) is 18.5 Å². The summed E-state index contributed by atoms with van der Waals surface area (Å²) in [7, 11) is 0. The molecule has 1 heterocycles. The molecule has 98 valence electrons. The van der Waals surface area contributed by atoms with Crippen LogP contribution in [0.3, 0.4) is 0 Å². The van der Waals surface area contributed by atoms with E-state index in [4.69, 9.17) is 0 Å². The average molecular weight is 320 g/mol. The Kier molecular flexibility index (Phi) is 3.22. The number of aromatic nitrogens is 2. The molecule has 0 bridgehead atoms. The van der Waals surface area contributed by atoms with Crippen molar-refractivity contribution in [2.75, 3.05) is 11.9 Å². The molecule has 1 N–H and O–H groups in total. The predicted molar refractivity (Wildman–Crippen MR) is 77.3 cm³/mol. The number of carbonyl (C=O) groups is 1. The number of hydrogen-bond acceptors (Lipinski definition) is 3. The molecule has 1 fully saturated rings. The summed E-state index contributed by atoms with van der Waals surface area (Å²) in [4.78, 5) is 20.7. The van der Waals surface area contributed by atoms with Crippen LogP contribution < -0.4 is 5.32 Å². The topological polar surface area (TPSA) is 54.9 Å². The standard InChI is InChI=1S/C14H14BrN3O/c15-8-14(4-5-14)9-18-13(19)10-2-1-3-11-12(10)17-7-6-16-11/h1-3,6-7H,4-5,8-9H2,(H,18,19). The lowest BCUT2D eigenvalue weighted by molar-refractivity contribution is 0.0948. The summed E-state index contributed by atoms with van der Waals surface area (Å²) in [6, 6.07) is 5.49. The first-order chi connectivity index (χ1) is 9.24. The van der Waals surface area contributed by atoms with E-state index >= 15 is 0 Å². The molecule has 2 aromatic rings. The summed E-state index contributed by atoms with van der Waals surface area (Å²) in [6.07, 6.45) is 5.59. The summed E-state index contributed by atoms with van der Waals surface area (Å²) in [5.41, 5.74) is 2.27. The van der Waals surface area contributed by atoms with Crippen LogP contribution in [-0.2, 0) is 0 Å². The molecule has 0 atom stereocenters. The van der Waals surface area contributed by atoms with Gasteiger partial charge in [0.25, 0.3) is 5.91 Å². The number of benzene rings is 1. The molecule has 1 aromatic heterocycles. The Labute approximate surface area is 119 Å². The molecule has 0 aliphatic heterocycles. The molecule has 1 amide bonds. The van der Waals surface area contributed by atoms with Gasteiger partial charge in [0.1, 0.15) is 5.52 Å². The van der Waals surface area contributed by atoms with Gasteiger partial charge in [-0.15, -0.1) is 0 Å². The van der Waals surface area contributed by atoms with Gasteiger partial charge in [0.2, 0.25) is 0 Å². The molecule has 0 spiro atoms. The van der Waals surface area contributed by atoms with Crippen molar-refractivity contribution in [3.63, 3.8) is 0 Å². The van der Waals surface area contributed by atoms with Crippen LogP contribution in [0.5, 0.6) is 0 Å². The van der Waals surface area contributed by atoms with Crippen LogP contribution in [0.2, 0.25) is 0 Å². The van der Waals surface area contributed by atoms with E-state index in [1.165, 1.54) is 12.8 Å². The van der Waals surface area contributed by atoms with Crippen molar-refractivity contribution in [1.82, 2.24) is 15.3 Å². The number of para-hydroxylation sites is 1. The second kappa shape index (κ2) is 4.89. The van der Waals surface area contributed by atoms with Crippen LogP contribution in [0.15, 0.2) is 30.6 Å². The van der Waals surface area contributed by atoms with E-state index in [1.807, 2.05) is 12.1 Å². The van der Waals surface area contributed by atoms with Crippen LogP contribution in [-0.4, -0.2) is 27.7 Å². The number of carbonyl (C=O) groups excluding carboxylic acids is 1. The highest BCUT2D eigenvalue weighted by atomic mass is 79.9. The van der Waals surface area contributed by atoms with Crippen LogP contribution in [0.25, 0.3) is 11.0 Å². The van der Waals surface area contributed by atoms with Gasteiger partial charge in [0.05, 0.1) is 11.1 Å². The summed E-state index contributed by atoms with van der Waals surface area (Å²) >= 11 is 3.51. The summed E-state index contributed by atoms with van der Waals surface area (Å²) in [6.45, 7) is 0.716. The molecule has 0 unspecified atom stereocenters. The molecular formula is C14H14BrN3O. The quantitative estimate of drug-likeness (QED) is 0.881. The van der Waals surface area contributed by atoms with Crippen molar-refractivity contribution >= 4 is 32.9 Å². The van der Waals surface area contributed by atoms with E-state index in [0.717, 1.165) is 10.8 Å². The van der Waals surface area contributed by atoms with Crippen molar-refractivity contribution in [2.24, 2.45) is 5.41 Å². The minimum atomic E-state index is -0.0710. The average Bonchev–Trinajstić information content (AvgIpc) is 3.25. The normalized spacial score (nSPS) is 16.3. The van der Waals surface area contributed by atoms with Crippen LogP contribution >= 0.6 is 15.9 Å². The minimum Gasteiger partial charge on any atom is -0.351 e. The Morgan fingerprint density at radius 1 is 1.32 bits per heavy atom. The number of hydrogen-bond donors (Lipinski definition) is 1. The molecule has 1 saturated carbocycles. The van der Waals surface area contributed by atoms with Gasteiger partial charge in [-0.2, -0.15) is 0 Å². The second-order valence-corrected chi connectivity index (χ2v) is 5.61. The predicted octanol–water partition coefficient (Wildman–Crippen LogP) is 2.53. The lowest BCUT2D eigenvalue weighted by atomic mass is 10.1. The number of alkyl halides is 1. The molecule has 1 aromatic carbocycles. The maximum absolute atomic E-state index is 12.3. The molecule has 0 saturated heterocycles. The van der Waals surface area contributed by atoms with Crippen LogP contribution in [0, 0.1) is 5.41 Å². The highest BCUT2D eigenvalue weighted by Crippen LogP contribution is 2.46. The molecule has 1 aliphatic carbocycles. The third-order valence-electron chi connectivity index (χ3n) is 3.61. The third-order valence-corrected chi connectivity index (χ3v) is 4.80. The molecule has 1 aliphatic rings. The van der Waals surface area contributed by atoms with Gasteiger partial charge in [-0.05, 0) is 30.4 Å². The monoisotopic (exact) mass is 319 g/mol. The van der Waals surface area contributed by atoms with E-state index < -0.39 is 0 Å². The number of nitrogens with one attached hydrogen (secondary N) is 1. The summed E-state index contributed by atoms with van der Waals surface area (Å²) in [5.74, 6) is -0.0710. The van der Waals surface area contributed by atoms with Crippen molar-refractivity contribution in [3.05, 3.63) is 36.2 Å². The fraction of sp³-hybridized carbons (Fsp3) is 0.357. The van der Waals surface area contributed by atoms with Crippen molar-refractivity contribution in [2.45, 2.75) is 12.8 Å². The Morgan fingerprint density at radius 2 is 2.11 bits per heavy atom. The first-order valence-electron chi connectivity index (χ1n) is 6.28. The summed E-state index contributed by atoms with van der Waals surface area (Å²) in [5, 5.41) is 3.95. The smallest absolute Gasteiger partial charge is 0.253 e. The van der Waals surface area contributed by atoms with E-state index in [0.29, 0.717) is 17.6 Å². The van der Waals surface area contributed by atoms with Gasteiger partial charge >= 0.3 is 0 Å². The summed E-state index contributed by atoms with van der Waals surface area (Å²) < 4.78 is 0. The van der Waals surface area contributed by atoms with Crippen molar-refractivity contribution in [3.8, 4) is 0 Å². The van der Waals surface area contributed by atoms with Crippen molar-refractivity contribution < 1.29 is 4.79 Å². The molecule has 4 nitrogen and oxygen atoms in total. The molecule has 19 heavy (non-hydrogen) atoms. The first kappa shape index (κ1) is 12.5. The number of rotatable bonds is 4. The largest absolute Gasteiger partial charge is 0.351 e. The fourth-order valence-electron chi connectivity index (χ4n) is 2.07. The molecule has 5 heteroatoms. The number of halogens is 1. The van der Waals surface area contributed by atoms with Gasteiger partial charge in [-0.1, -0.05) is 22.0 Å². The maximum Gasteiger partial charge on any atom is 0.253 e. The number of amides is 1. The fourth-order valence-corrected chi connectivity index (χ4v) is 2.83. The van der Waals surface area contributed by atoms with Gasteiger partial charge in [0, 0.05) is 24.3 Å². The maximum atomic E-state index is 12.3. The van der Waals surface area contributed by atoms with Crippen LogP contribution in [0.4, 0.5) is 0 Å². The zero-order valence-electron chi connectivity index (χ0n) is 10.4. The zero-order chi connectivity index (χ0) is 13.3. The molecular weight excluding hydrogens is 306 g/mol. The second-order valence-electron chi connectivity index (χ2n) is 5.05. The van der Waals surface area contributed by atoms with E-state index in [9.17, 15) is 4.79 Å². The first-order valence-corrected chi connectivity index (χ1v) is 7.40. The lowest BCUT2D eigenvalue weighted by Crippen LogP contribution is -2.31. The van der Waals surface area contributed by atoms with Gasteiger partial charge in [0.15, 0.2) is 0 Å². The Hall–Kier alpha value is -1.49. The Bertz CT molecular complexity index is 620. The van der Waals surface area contributed by atoms with E-state index in [2.05, 4.69) is 31.2 Å².